The molecule has 0 saturated carbocycles. The summed E-state index contributed by atoms with van der Waals surface area (Å²) in [6, 6.07) is 13.7. The van der Waals surface area contributed by atoms with Crippen molar-refractivity contribution in [3.63, 3.8) is 0 Å². The number of rotatable bonds is 3. The molecule has 21 heavy (non-hydrogen) atoms. The number of ether oxygens (including phenoxy) is 1. The van der Waals surface area contributed by atoms with Gasteiger partial charge in [0.25, 0.3) is 0 Å². The summed E-state index contributed by atoms with van der Waals surface area (Å²) >= 11 is 8.54. The van der Waals surface area contributed by atoms with Gasteiger partial charge in [0.05, 0.1) is 5.56 Å². The quantitative estimate of drug-likeness (QED) is 0.763. The van der Waals surface area contributed by atoms with Crippen molar-refractivity contribution in [3.05, 3.63) is 58.1 Å². The maximum absolute atomic E-state index is 5.92. The fourth-order valence-electron chi connectivity index (χ4n) is 1.98. The number of nitrogens with two attached hydrogens (primary N) is 1. The highest BCUT2D eigenvalue weighted by Gasteiger charge is 2.14. The van der Waals surface area contributed by atoms with Crippen molar-refractivity contribution < 1.29 is 4.74 Å². The molecule has 0 bridgehead atoms. The fraction of sp³-hybridized carbons (Fsp3) is 0.235. The maximum atomic E-state index is 5.92. The highest BCUT2D eigenvalue weighted by atomic mass is 79.9. The first kappa shape index (κ1) is 16.0. The lowest BCUT2D eigenvalue weighted by Crippen LogP contribution is -2.12. The van der Waals surface area contributed by atoms with E-state index < -0.39 is 0 Å². The van der Waals surface area contributed by atoms with Crippen LogP contribution in [-0.2, 0) is 5.41 Å². The van der Waals surface area contributed by atoms with Gasteiger partial charge >= 0.3 is 0 Å². The summed E-state index contributed by atoms with van der Waals surface area (Å²) < 4.78 is 6.75. The summed E-state index contributed by atoms with van der Waals surface area (Å²) in [6.07, 6.45) is 0. The molecule has 0 heterocycles. The van der Waals surface area contributed by atoms with Crippen LogP contribution in [-0.4, -0.2) is 4.99 Å². The standard InChI is InChI=1S/C17H18BrNOS/c1-17(2,3)11-7-9-12(10-8-11)20-14-6-4-5-13(18)15(14)16(19)21/h4-10H,1-3H3,(H2,19,21). The second-order valence-corrected chi connectivity index (χ2v) is 7.15. The van der Waals surface area contributed by atoms with Gasteiger partial charge < -0.3 is 10.5 Å². The third kappa shape index (κ3) is 3.83. The topological polar surface area (TPSA) is 35.2 Å². The average molecular weight is 364 g/mol. The van der Waals surface area contributed by atoms with E-state index in [9.17, 15) is 0 Å². The van der Waals surface area contributed by atoms with Crippen LogP contribution in [0.2, 0.25) is 0 Å². The first-order chi connectivity index (χ1) is 9.79. The van der Waals surface area contributed by atoms with Gasteiger partial charge in [-0.05, 0) is 51.2 Å². The van der Waals surface area contributed by atoms with E-state index in [-0.39, 0.29) is 5.41 Å². The minimum Gasteiger partial charge on any atom is -0.457 e. The third-order valence-corrected chi connectivity index (χ3v) is 4.03. The van der Waals surface area contributed by atoms with Crippen LogP contribution in [0.1, 0.15) is 31.9 Å². The number of thiocarbonyl (C=S) groups is 1. The van der Waals surface area contributed by atoms with E-state index in [0.717, 1.165) is 10.2 Å². The summed E-state index contributed by atoms with van der Waals surface area (Å²) in [7, 11) is 0. The highest BCUT2D eigenvalue weighted by Crippen LogP contribution is 2.32. The molecule has 0 fully saturated rings. The molecule has 0 aromatic heterocycles. The largest absolute Gasteiger partial charge is 0.457 e. The average Bonchev–Trinajstić information content (AvgIpc) is 2.38. The fourth-order valence-corrected chi connectivity index (χ4v) is 2.88. The van der Waals surface area contributed by atoms with Crippen molar-refractivity contribution in [3.8, 4) is 11.5 Å². The summed E-state index contributed by atoms with van der Waals surface area (Å²) in [5.41, 5.74) is 7.87. The Hall–Kier alpha value is -1.39. The predicted octanol–water partition coefficient (Wildman–Crippen LogP) is 5.17. The predicted molar refractivity (Wildman–Crippen MR) is 95.2 cm³/mol. The van der Waals surface area contributed by atoms with Crippen LogP contribution in [0, 0.1) is 0 Å². The van der Waals surface area contributed by atoms with Crippen LogP contribution in [0.4, 0.5) is 0 Å². The lowest BCUT2D eigenvalue weighted by molar-refractivity contribution is 0.480. The molecule has 0 aliphatic carbocycles. The van der Waals surface area contributed by atoms with Crippen molar-refractivity contribution in [2.45, 2.75) is 26.2 Å². The van der Waals surface area contributed by atoms with Crippen LogP contribution in [0.3, 0.4) is 0 Å². The van der Waals surface area contributed by atoms with Crippen molar-refractivity contribution in [1.29, 1.82) is 0 Å². The minimum absolute atomic E-state index is 0.123. The smallest absolute Gasteiger partial charge is 0.138 e. The van der Waals surface area contributed by atoms with Gasteiger partial charge in [-0.3, -0.25) is 0 Å². The van der Waals surface area contributed by atoms with Crippen LogP contribution >= 0.6 is 28.1 Å². The molecule has 0 radical (unpaired) electrons. The third-order valence-electron chi connectivity index (χ3n) is 3.17. The molecule has 0 aliphatic heterocycles. The molecule has 2 nitrogen and oxygen atoms in total. The molecule has 2 aromatic rings. The lowest BCUT2D eigenvalue weighted by Gasteiger charge is -2.19. The van der Waals surface area contributed by atoms with Gasteiger partial charge in [-0.1, -0.05) is 51.2 Å². The summed E-state index contributed by atoms with van der Waals surface area (Å²) in [4.78, 5) is 0.309. The maximum Gasteiger partial charge on any atom is 0.138 e. The molecule has 0 unspecified atom stereocenters. The number of hydrogen-bond donors (Lipinski definition) is 1. The van der Waals surface area contributed by atoms with Crippen LogP contribution in [0.25, 0.3) is 0 Å². The highest BCUT2D eigenvalue weighted by molar-refractivity contribution is 9.10. The molecular formula is C17H18BrNOS. The van der Waals surface area contributed by atoms with Gasteiger partial charge in [-0.15, -0.1) is 0 Å². The Labute approximate surface area is 139 Å². The van der Waals surface area contributed by atoms with E-state index in [1.165, 1.54) is 5.56 Å². The number of halogens is 1. The molecule has 2 aromatic carbocycles. The zero-order valence-corrected chi connectivity index (χ0v) is 14.7. The first-order valence-electron chi connectivity index (χ1n) is 6.66. The molecule has 0 aliphatic rings. The van der Waals surface area contributed by atoms with Crippen molar-refractivity contribution >= 4 is 33.1 Å². The van der Waals surface area contributed by atoms with Gasteiger partial charge in [0.15, 0.2) is 0 Å². The van der Waals surface area contributed by atoms with Crippen molar-refractivity contribution in [1.82, 2.24) is 0 Å². The normalized spacial score (nSPS) is 11.2. The Kier molecular flexibility index (Phi) is 4.69. The Bertz CT molecular complexity index is 659. The Balaban J connectivity index is 2.31. The van der Waals surface area contributed by atoms with Crippen molar-refractivity contribution in [2.75, 3.05) is 0 Å². The molecule has 4 heteroatoms. The van der Waals surface area contributed by atoms with Gasteiger partial charge in [0.2, 0.25) is 0 Å². The van der Waals surface area contributed by atoms with E-state index in [4.69, 9.17) is 22.7 Å². The molecular weight excluding hydrogens is 346 g/mol. The number of hydrogen-bond acceptors (Lipinski definition) is 2. The molecule has 110 valence electrons. The Morgan fingerprint density at radius 3 is 2.24 bits per heavy atom. The lowest BCUT2D eigenvalue weighted by atomic mass is 9.87. The van der Waals surface area contributed by atoms with Crippen LogP contribution < -0.4 is 10.5 Å². The van der Waals surface area contributed by atoms with Gasteiger partial charge in [-0.25, -0.2) is 0 Å². The Morgan fingerprint density at radius 2 is 1.71 bits per heavy atom. The van der Waals surface area contributed by atoms with Gasteiger partial charge in [0, 0.05) is 4.47 Å². The first-order valence-corrected chi connectivity index (χ1v) is 7.86. The number of benzene rings is 2. The van der Waals surface area contributed by atoms with Crippen LogP contribution in [0.5, 0.6) is 11.5 Å². The molecule has 2 N–H and O–H groups in total. The SMILES string of the molecule is CC(C)(C)c1ccc(Oc2cccc(Br)c2C(N)=S)cc1. The Morgan fingerprint density at radius 1 is 1.10 bits per heavy atom. The second kappa shape index (κ2) is 6.16. The molecule has 0 saturated heterocycles. The van der Waals surface area contributed by atoms with Gasteiger partial charge in [0.1, 0.15) is 16.5 Å². The molecule has 0 spiro atoms. The van der Waals surface area contributed by atoms with E-state index >= 15 is 0 Å². The minimum atomic E-state index is 0.123. The molecule has 2 rings (SSSR count). The van der Waals surface area contributed by atoms with E-state index in [2.05, 4.69) is 48.8 Å². The summed E-state index contributed by atoms with van der Waals surface area (Å²) in [5.74, 6) is 1.42. The van der Waals surface area contributed by atoms with E-state index in [0.29, 0.717) is 16.3 Å². The van der Waals surface area contributed by atoms with Crippen LogP contribution in [0.15, 0.2) is 46.9 Å². The monoisotopic (exact) mass is 363 g/mol. The summed E-state index contributed by atoms with van der Waals surface area (Å²) in [5, 5.41) is 0. The second-order valence-electron chi connectivity index (χ2n) is 5.85. The zero-order valence-electron chi connectivity index (χ0n) is 12.3. The molecule has 0 amide bonds. The van der Waals surface area contributed by atoms with E-state index in [1.807, 2.05) is 30.3 Å². The van der Waals surface area contributed by atoms with Crippen molar-refractivity contribution in [2.24, 2.45) is 5.73 Å². The molecule has 0 atom stereocenters. The zero-order chi connectivity index (χ0) is 15.6. The summed E-state index contributed by atoms with van der Waals surface area (Å²) in [6.45, 7) is 6.55. The van der Waals surface area contributed by atoms with E-state index in [1.54, 1.807) is 0 Å². The van der Waals surface area contributed by atoms with Gasteiger partial charge in [-0.2, -0.15) is 0 Å².